The van der Waals surface area contributed by atoms with Crippen molar-refractivity contribution in [2.75, 3.05) is 30.4 Å². The van der Waals surface area contributed by atoms with Crippen LogP contribution in [0.2, 0.25) is 0 Å². The summed E-state index contributed by atoms with van der Waals surface area (Å²) in [5, 5.41) is 5.40. The first-order valence-corrected chi connectivity index (χ1v) is 10.0. The Morgan fingerprint density at radius 2 is 2.11 bits per heavy atom. The van der Waals surface area contributed by atoms with Gasteiger partial charge in [-0.1, -0.05) is 0 Å². The van der Waals surface area contributed by atoms with E-state index in [1.54, 1.807) is 19.6 Å². The van der Waals surface area contributed by atoms with Gasteiger partial charge in [-0.3, -0.25) is 4.79 Å². The fourth-order valence-electron chi connectivity index (χ4n) is 3.33. The van der Waals surface area contributed by atoms with Crippen molar-refractivity contribution in [3.8, 4) is 17.0 Å². The van der Waals surface area contributed by atoms with Gasteiger partial charge < -0.3 is 15.0 Å². The summed E-state index contributed by atoms with van der Waals surface area (Å²) in [5.74, 6) is 1.58. The van der Waals surface area contributed by atoms with E-state index >= 15 is 0 Å². The Balaban J connectivity index is 1.48. The Labute approximate surface area is 167 Å². The summed E-state index contributed by atoms with van der Waals surface area (Å²) in [7, 11) is 1.65. The molecule has 3 heterocycles. The number of thiazole rings is 1. The topological polar surface area (TPSA) is 80.2 Å². The Hall–Kier alpha value is -3.00. The molecule has 1 amide bonds. The van der Waals surface area contributed by atoms with Crippen LogP contribution in [-0.4, -0.2) is 41.1 Å². The van der Waals surface area contributed by atoms with E-state index in [1.165, 1.54) is 11.3 Å². The number of benzene rings is 1. The molecule has 0 aliphatic carbocycles. The number of methoxy groups -OCH3 is 1. The molecule has 0 unspecified atom stereocenters. The molecule has 0 radical (unpaired) electrons. The van der Waals surface area contributed by atoms with Crippen LogP contribution in [-0.2, 0) is 4.79 Å². The number of hydrogen-bond acceptors (Lipinski definition) is 7. The summed E-state index contributed by atoms with van der Waals surface area (Å²) in [6.45, 7) is 1.51. The molecule has 1 aliphatic rings. The van der Waals surface area contributed by atoms with Crippen LogP contribution in [0.4, 0.5) is 10.9 Å². The van der Waals surface area contributed by atoms with Crippen LogP contribution in [0.5, 0.6) is 5.75 Å². The van der Waals surface area contributed by atoms with Crippen LogP contribution < -0.4 is 15.0 Å². The van der Waals surface area contributed by atoms with Crippen LogP contribution >= 0.6 is 11.3 Å². The van der Waals surface area contributed by atoms with Crippen molar-refractivity contribution in [2.45, 2.75) is 12.8 Å². The maximum atomic E-state index is 12.6. The van der Waals surface area contributed by atoms with Gasteiger partial charge in [0.05, 0.1) is 18.7 Å². The van der Waals surface area contributed by atoms with Gasteiger partial charge in [0.1, 0.15) is 17.9 Å². The summed E-state index contributed by atoms with van der Waals surface area (Å²) >= 11 is 1.43. The second-order valence-electron chi connectivity index (χ2n) is 6.60. The van der Waals surface area contributed by atoms with Crippen LogP contribution in [0.15, 0.2) is 48.2 Å². The molecule has 1 N–H and O–H groups in total. The van der Waals surface area contributed by atoms with E-state index in [1.807, 2.05) is 35.7 Å². The first-order valence-electron chi connectivity index (χ1n) is 9.15. The van der Waals surface area contributed by atoms with Crippen LogP contribution in [0.3, 0.4) is 0 Å². The number of nitrogens with zero attached hydrogens (tertiary/aromatic N) is 4. The summed E-state index contributed by atoms with van der Waals surface area (Å²) in [6.07, 6.45) is 5.07. The molecule has 1 fully saturated rings. The molecule has 3 aromatic rings. The monoisotopic (exact) mass is 395 g/mol. The fraction of sp³-hybridized carbons (Fsp3) is 0.300. The summed E-state index contributed by atoms with van der Waals surface area (Å²) in [4.78, 5) is 27.7. The third-order valence-corrected chi connectivity index (χ3v) is 5.51. The van der Waals surface area contributed by atoms with E-state index in [0.717, 1.165) is 42.2 Å². The van der Waals surface area contributed by atoms with Crippen molar-refractivity contribution in [3.63, 3.8) is 0 Å². The number of piperidine rings is 1. The first-order chi connectivity index (χ1) is 13.7. The molecule has 1 atom stereocenters. The van der Waals surface area contributed by atoms with Gasteiger partial charge in [-0.25, -0.2) is 15.0 Å². The van der Waals surface area contributed by atoms with E-state index in [4.69, 9.17) is 4.74 Å². The Bertz CT molecular complexity index is 930. The predicted molar refractivity (Wildman–Crippen MR) is 110 cm³/mol. The maximum absolute atomic E-state index is 12.6. The highest BCUT2D eigenvalue weighted by atomic mass is 32.1. The van der Waals surface area contributed by atoms with E-state index in [-0.39, 0.29) is 11.8 Å². The van der Waals surface area contributed by atoms with E-state index < -0.39 is 0 Å². The minimum Gasteiger partial charge on any atom is -0.497 e. The summed E-state index contributed by atoms with van der Waals surface area (Å²) in [6, 6.07) is 9.76. The lowest BCUT2D eigenvalue weighted by Gasteiger charge is -2.32. The minimum absolute atomic E-state index is 0.0177. The molecule has 4 rings (SSSR count). The molecule has 2 aromatic heterocycles. The predicted octanol–water partition coefficient (Wildman–Crippen LogP) is 3.46. The van der Waals surface area contributed by atoms with Crippen LogP contribution in [0, 0.1) is 5.92 Å². The van der Waals surface area contributed by atoms with Gasteiger partial charge in [-0.15, -0.1) is 11.3 Å². The van der Waals surface area contributed by atoms with Gasteiger partial charge in [0.15, 0.2) is 5.13 Å². The Morgan fingerprint density at radius 1 is 1.25 bits per heavy atom. The Morgan fingerprint density at radius 3 is 2.86 bits per heavy atom. The standard InChI is InChI=1S/C20H21N5O2S/c1-27-16-6-4-14(5-7-16)17-11-18(23-13-22-17)25-9-2-3-15(12-25)19(26)24-20-21-8-10-28-20/h4-8,10-11,13,15H,2-3,9,12H2,1H3,(H,21,24,26)/t15-/m1/s1. The molecule has 7 nitrogen and oxygen atoms in total. The third kappa shape index (κ3) is 4.12. The average Bonchev–Trinajstić information content (AvgIpc) is 3.27. The maximum Gasteiger partial charge on any atom is 0.231 e. The summed E-state index contributed by atoms with van der Waals surface area (Å²) in [5.41, 5.74) is 1.85. The Kier molecular flexibility index (Phi) is 5.48. The van der Waals surface area contributed by atoms with Gasteiger partial charge in [0.2, 0.25) is 5.91 Å². The molecule has 28 heavy (non-hydrogen) atoms. The average molecular weight is 395 g/mol. The number of carbonyl (C=O) groups excluding carboxylic acids is 1. The number of amides is 1. The summed E-state index contributed by atoms with van der Waals surface area (Å²) < 4.78 is 5.21. The zero-order chi connectivity index (χ0) is 19.3. The minimum atomic E-state index is -0.0861. The van der Waals surface area contributed by atoms with Crippen molar-refractivity contribution in [2.24, 2.45) is 5.92 Å². The van der Waals surface area contributed by atoms with Crippen molar-refractivity contribution in [3.05, 3.63) is 48.2 Å². The SMILES string of the molecule is COc1ccc(-c2cc(N3CCC[C@@H](C(=O)Nc4nccs4)C3)ncn2)cc1. The molecule has 1 aromatic carbocycles. The fourth-order valence-corrected chi connectivity index (χ4v) is 3.86. The largest absolute Gasteiger partial charge is 0.497 e. The molecule has 0 spiro atoms. The van der Waals surface area contributed by atoms with Crippen molar-refractivity contribution in [1.82, 2.24) is 15.0 Å². The molecule has 8 heteroatoms. The molecule has 0 bridgehead atoms. The van der Waals surface area contributed by atoms with Gasteiger partial charge >= 0.3 is 0 Å². The van der Waals surface area contributed by atoms with Crippen molar-refractivity contribution >= 4 is 28.2 Å². The van der Waals surface area contributed by atoms with Crippen molar-refractivity contribution in [1.29, 1.82) is 0 Å². The number of anilines is 2. The number of nitrogens with one attached hydrogen (secondary N) is 1. The van der Waals surface area contributed by atoms with Crippen LogP contribution in [0.1, 0.15) is 12.8 Å². The van der Waals surface area contributed by atoms with E-state index in [0.29, 0.717) is 11.7 Å². The zero-order valence-electron chi connectivity index (χ0n) is 15.5. The highest BCUT2D eigenvalue weighted by Crippen LogP contribution is 2.27. The van der Waals surface area contributed by atoms with Crippen molar-refractivity contribution < 1.29 is 9.53 Å². The lowest BCUT2D eigenvalue weighted by molar-refractivity contribution is -0.120. The highest BCUT2D eigenvalue weighted by Gasteiger charge is 2.27. The second kappa shape index (κ2) is 8.35. The van der Waals surface area contributed by atoms with E-state index in [9.17, 15) is 4.79 Å². The lowest BCUT2D eigenvalue weighted by Crippen LogP contribution is -2.41. The van der Waals surface area contributed by atoms with Gasteiger partial charge in [-0.05, 0) is 37.1 Å². The molecule has 1 saturated heterocycles. The number of hydrogen-bond donors (Lipinski definition) is 1. The molecular weight excluding hydrogens is 374 g/mol. The van der Waals surface area contributed by atoms with Gasteiger partial charge in [0.25, 0.3) is 0 Å². The smallest absolute Gasteiger partial charge is 0.231 e. The highest BCUT2D eigenvalue weighted by molar-refractivity contribution is 7.13. The first kappa shape index (κ1) is 18.4. The molecule has 1 aliphatic heterocycles. The van der Waals surface area contributed by atoms with Gasteiger partial charge in [-0.2, -0.15) is 0 Å². The molecule has 0 saturated carbocycles. The number of rotatable bonds is 5. The lowest BCUT2D eigenvalue weighted by atomic mass is 9.97. The normalized spacial score (nSPS) is 16.6. The number of carbonyl (C=O) groups is 1. The van der Waals surface area contributed by atoms with E-state index in [2.05, 4.69) is 25.2 Å². The third-order valence-electron chi connectivity index (χ3n) is 4.82. The van der Waals surface area contributed by atoms with Gasteiger partial charge in [0, 0.05) is 36.3 Å². The number of aromatic nitrogens is 3. The zero-order valence-corrected chi connectivity index (χ0v) is 16.4. The molecule has 144 valence electrons. The second-order valence-corrected chi connectivity index (χ2v) is 7.50. The quantitative estimate of drug-likeness (QED) is 0.713. The number of ether oxygens (including phenoxy) is 1. The molecular formula is C20H21N5O2S. The van der Waals surface area contributed by atoms with Crippen LogP contribution in [0.25, 0.3) is 11.3 Å².